The van der Waals surface area contributed by atoms with Crippen LogP contribution in [0.5, 0.6) is 0 Å². The Kier molecular flexibility index (Phi) is 12.6. The number of hydrogen-bond acceptors (Lipinski definition) is 5. The Morgan fingerprint density at radius 2 is 1.33 bits per heavy atom. The number of carbonyl (C=O) groups is 1. The van der Waals surface area contributed by atoms with Gasteiger partial charge in [-0.3, -0.25) is 4.89 Å². The molecule has 0 heterocycles. The molecule has 0 fully saturated rings. The highest BCUT2D eigenvalue weighted by molar-refractivity contribution is 5.68. The highest BCUT2D eigenvalue weighted by atomic mass is 17.7. The van der Waals surface area contributed by atoms with Crippen molar-refractivity contribution < 1.29 is 24.6 Å². The highest BCUT2D eigenvalue weighted by Gasteiger charge is 2.13. The van der Waals surface area contributed by atoms with Gasteiger partial charge in [-0.15, -0.1) is 0 Å². The van der Waals surface area contributed by atoms with Crippen LogP contribution in [0.15, 0.2) is 0 Å². The molecule has 126 valence electrons. The van der Waals surface area contributed by atoms with Gasteiger partial charge < -0.3 is 0 Å². The van der Waals surface area contributed by atoms with E-state index in [-0.39, 0.29) is 0 Å². The lowest BCUT2D eigenvalue weighted by Crippen LogP contribution is -2.20. The van der Waals surface area contributed by atoms with E-state index in [0.717, 1.165) is 12.8 Å². The van der Waals surface area contributed by atoms with Gasteiger partial charge in [-0.2, -0.15) is 4.89 Å². The van der Waals surface area contributed by atoms with E-state index in [0.29, 0.717) is 6.42 Å². The van der Waals surface area contributed by atoms with Gasteiger partial charge in [0.25, 0.3) is 0 Å². The summed E-state index contributed by atoms with van der Waals surface area (Å²) >= 11 is 0. The first kappa shape index (κ1) is 20.3. The second-order valence-corrected chi connectivity index (χ2v) is 6.37. The lowest BCUT2D eigenvalue weighted by molar-refractivity contribution is -0.633. The Morgan fingerprint density at radius 1 is 0.810 bits per heavy atom. The summed E-state index contributed by atoms with van der Waals surface area (Å²) in [7, 11) is 0. The molecule has 0 bridgehead atoms. The normalized spacial score (nSPS) is 11.6. The summed E-state index contributed by atoms with van der Waals surface area (Å²) in [5, 5.41) is 8.55. The van der Waals surface area contributed by atoms with Crippen LogP contribution >= 0.6 is 0 Å². The van der Waals surface area contributed by atoms with Gasteiger partial charge in [-0.1, -0.05) is 58.3 Å². The SMILES string of the molecule is CCCCCCCCCCCC(=O)OOOOC(C)(C)C. The molecule has 0 aromatic rings. The van der Waals surface area contributed by atoms with Crippen LogP contribution in [0.3, 0.4) is 0 Å². The lowest BCUT2D eigenvalue weighted by atomic mass is 10.1. The van der Waals surface area contributed by atoms with Crippen molar-refractivity contribution in [2.75, 3.05) is 0 Å². The summed E-state index contributed by atoms with van der Waals surface area (Å²) in [6, 6.07) is 0. The molecule has 0 spiro atoms. The zero-order valence-electron chi connectivity index (χ0n) is 14.1. The Bertz CT molecular complexity index is 248. The first-order valence-corrected chi connectivity index (χ1v) is 8.17. The monoisotopic (exact) mass is 304 g/mol. The maximum absolute atomic E-state index is 11.3. The van der Waals surface area contributed by atoms with Gasteiger partial charge >= 0.3 is 5.97 Å². The molecule has 5 nitrogen and oxygen atoms in total. The molecule has 0 radical (unpaired) electrons. The Morgan fingerprint density at radius 3 is 1.86 bits per heavy atom. The average molecular weight is 304 g/mol. The van der Waals surface area contributed by atoms with Crippen LogP contribution in [0.2, 0.25) is 0 Å². The summed E-state index contributed by atoms with van der Waals surface area (Å²) in [6.07, 6.45) is 11.2. The molecule has 0 unspecified atom stereocenters. The number of hydrogen-bond donors (Lipinski definition) is 0. The molecular weight excluding hydrogens is 272 g/mol. The standard InChI is InChI=1S/C16H32O5/c1-5-6-7-8-9-10-11-12-13-14-15(17)18-20-21-19-16(2,3)4/h5-14H2,1-4H3. The third-order valence-electron chi connectivity index (χ3n) is 2.92. The maximum atomic E-state index is 11.3. The van der Waals surface area contributed by atoms with Crippen LogP contribution in [0.25, 0.3) is 0 Å². The minimum atomic E-state index is -0.510. The fraction of sp³-hybridized carbons (Fsp3) is 0.938. The van der Waals surface area contributed by atoms with E-state index in [2.05, 4.69) is 21.9 Å². The second kappa shape index (κ2) is 13.0. The number of rotatable bonds is 13. The van der Waals surface area contributed by atoms with Crippen LogP contribution in [0, 0.1) is 0 Å². The van der Waals surface area contributed by atoms with E-state index in [1.54, 1.807) is 20.8 Å². The van der Waals surface area contributed by atoms with E-state index < -0.39 is 11.6 Å². The van der Waals surface area contributed by atoms with Crippen molar-refractivity contribution in [3.05, 3.63) is 0 Å². The molecule has 0 aliphatic carbocycles. The molecule has 0 saturated carbocycles. The largest absolute Gasteiger partial charge is 0.345 e. The van der Waals surface area contributed by atoms with E-state index in [9.17, 15) is 4.79 Å². The average Bonchev–Trinajstić information content (AvgIpc) is 2.41. The van der Waals surface area contributed by atoms with Crippen LogP contribution in [-0.2, 0) is 24.6 Å². The molecule has 21 heavy (non-hydrogen) atoms. The molecule has 0 saturated heterocycles. The molecule has 0 atom stereocenters. The van der Waals surface area contributed by atoms with Gasteiger partial charge in [0.15, 0.2) is 0 Å². The molecule has 0 aromatic carbocycles. The van der Waals surface area contributed by atoms with E-state index >= 15 is 0 Å². The minimum Gasteiger partial charge on any atom is -0.267 e. The van der Waals surface area contributed by atoms with Crippen molar-refractivity contribution in [2.45, 2.75) is 97.5 Å². The summed E-state index contributed by atoms with van der Waals surface area (Å²) in [4.78, 5) is 20.5. The van der Waals surface area contributed by atoms with Crippen molar-refractivity contribution in [1.82, 2.24) is 0 Å². The van der Waals surface area contributed by atoms with Crippen molar-refractivity contribution >= 4 is 5.97 Å². The fourth-order valence-electron chi connectivity index (χ4n) is 1.79. The smallest absolute Gasteiger partial charge is 0.267 e. The van der Waals surface area contributed by atoms with Gasteiger partial charge in [-0.05, 0) is 32.2 Å². The van der Waals surface area contributed by atoms with Crippen LogP contribution < -0.4 is 0 Å². The van der Waals surface area contributed by atoms with Gasteiger partial charge in [0.05, 0.1) is 5.60 Å². The zero-order chi connectivity index (χ0) is 16.0. The van der Waals surface area contributed by atoms with Crippen LogP contribution in [-0.4, -0.2) is 11.6 Å². The summed E-state index contributed by atoms with van der Waals surface area (Å²) in [6.45, 7) is 7.60. The first-order valence-electron chi connectivity index (χ1n) is 8.17. The molecule has 0 aliphatic heterocycles. The minimum absolute atomic E-state index is 0.342. The van der Waals surface area contributed by atoms with Gasteiger partial charge in [0, 0.05) is 11.5 Å². The van der Waals surface area contributed by atoms with E-state index in [4.69, 9.17) is 4.89 Å². The molecular formula is C16H32O5. The van der Waals surface area contributed by atoms with Crippen molar-refractivity contribution in [1.29, 1.82) is 0 Å². The summed E-state index contributed by atoms with van der Waals surface area (Å²) in [5.41, 5.74) is -0.510. The lowest BCUT2D eigenvalue weighted by Gasteiger charge is -2.14. The second-order valence-electron chi connectivity index (χ2n) is 6.37. The van der Waals surface area contributed by atoms with Crippen LogP contribution in [0.1, 0.15) is 91.9 Å². The third kappa shape index (κ3) is 17.3. The topological polar surface area (TPSA) is 54.0 Å². The zero-order valence-corrected chi connectivity index (χ0v) is 14.1. The van der Waals surface area contributed by atoms with E-state index in [1.165, 1.54) is 44.9 Å². The van der Waals surface area contributed by atoms with Crippen molar-refractivity contribution in [2.24, 2.45) is 0 Å². The fourth-order valence-corrected chi connectivity index (χ4v) is 1.79. The van der Waals surface area contributed by atoms with Crippen molar-refractivity contribution in [3.8, 4) is 0 Å². The number of unbranched alkanes of at least 4 members (excludes halogenated alkanes) is 8. The van der Waals surface area contributed by atoms with Gasteiger partial charge in [0.1, 0.15) is 0 Å². The van der Waals surface area contributed by atoms with E-state index in [1.807, 2.05) is 0 Å². The summed E-state index contributed by atoms with van der Waals surface area (Å²) < 4.78 is 0. The molecule has 0 aliphatic rings. The van der Waals surface area contributed by atoms with Gasteiger partial charge in [0.2, 0.25) is 0 Å². The molecule has 0 amide bonds. The maximum Gasteiger partial charge on any atom is 0.345 e. The quantitative estimate of drug-likeness (QED) is 0.271. The molecule has 0 N–H and O–H groups in total. The molecule has 0 rings (SSSR count). The van der Waals surface area contributed by atoms with Crippen molar-refractivity contribution in [3.63, 3.8) is 0 Å². The third-order valence-corrected chi connectivity index (χ3v) is 2.92. The highest BCUT2D eigenvalue weighted by Crippen LogP contribution is 2.11. The Hall–Kier alpha value is -0.650. The Labute approximate surface area is 129 Å². The first-order chi connectivity index (χ1) is 9.95. The van der Waals surface area contributed by atoms with Crippen LogP contribution in [0.4, 0.5) is 0 Å². The number of carbonyl (C=O) groups excluding carboxylic acids is 1. The predicted octanol–water partition coefficient (Wildman–Crippen LogP) is 5.04. The molecule has 5 heteroatoms. The van der Waals surface area contributed by atoms with Gasteiger partial charge in [-0.25, -0.2) is 4.79 Å². The Balaban J connectivity index is 3.23. The molecule has 0 aromatic heterocycles. The summed E-state index contributed by atoms with van der Waals surface area (Å²) in [5.74, 6) is -0.435. The predicted molar refractivity (Wildman–Crippen MR) is 80.9 cm³/mol.